The zero-order valence-electron chi connectivity index (χ0n) is 15.8. The van der Waals surface area contributed by atoms with Crippen molar-refractivity contribution in [1.29, 1.82) is 0 Å². The quantitative estimate of drug-likeness (QED) is 0.305. The number of unbranched alkanes of at least 4 members (excludes halogenated alkanes) is 1. The van der Waals surface area contributed by atoms with E-state index in [1.807, 2.05) is 13.2 Å². The highest BCUT2D eigenvalue weighted by atomic mass is 127. The molecule has 0 bridgehead atoms. The van der Waals surface area contributed by atoms with Gasteiger partial charge in [0.2, 0.25) is 0 Å². The summed E-state index contributed by atoms with van der Waals surface area (Å²) in [6.07, 6.45) is 7.40. The van der Waals surface area contributed by atoms with Crippen LogP contribution in [0.4, 0.5) is 0 Å². The van der Waals surface area contributed by atoms with Gasteiger partial charge in [-0.15, -0.1) is 24.0 Å². The van der Waals surface area contributed by atoms with E-state index in [9.17, 15) is 0 Å². The molecule has 1 aromatic carbocycles. The van der Waals surface area contributed by atoms with E-state index in [2.05, 4.69) is 68.2 Å². The van der Waals surface area contributed by atoms with Gasteiger partial charge in [0.15, 0.2) is 5.96 Å². The van der Waals surface area contributed by atoms with E-state index in [0.29, 0.717) is 5.92 Å². The van der Waals surface area contributed by atoms with E-state index < -0.39 is 0 Å². The minimum absolute atomic E-state index is 0. The zero-order valence-corrected chi connectivity index (χ0v) is 18.1. The summed E-state index contributed by atoms with van der Waals surface area (Å²) in [5.41, 5.74) is 1.44. The minimum Gasteiger partial charge on any atom is -0.356 e. The fraction of sp³-hybridized carbons (Fsp3) is 0.500. The molecule has 0 saturated carbocycles. The van der Waals surface area contributed by atoms with Crippen LogP contribution in [0.2, 0.25) is 0 Å². The van der Waals surface area contributed by atoms with Crippen molar-refractivity contribution in [2.75, 3.05) is 26.7 Å². The third-order valence-corrected chi connectivity index (χ3v) is 5.00. The number of likely N-dealkylation sites (tertiary alicyclic amines) is 1. The summed E-state index contributed by atoms with van der Waals surface area (Å²) >= 11 is 0. The predicted molar refractivity (Wildman–Crippen MR) is 118 cm³/mol. The van der Waals surface area contributed by atoms with Crippen LogP contribution in [0.1, 0.15) is 36.6 Å². The number of aromatic nitrogens is 2. The summed E-state index contributed by atoms with van der Waals surface area (Å²) in [5.74, 6) is 2.74. The number of rotatable bonds is 6. The average molecular weight is 467 g/mol. The molecule has 2 heterocycles. The largest absolute Gasteiger partial charge is 0.356 e. The fourth-order valence-corrected chi connectivity index (χ4v) is 3.53. The van der Waals surface area contributed by atoms with Crippen molar-refractivity contribution in [2.24, 2.45) is 4.99 Å². The van der Waals surface area contributed by atoms with E-state index in [0.717, 1.165) is 50.8 Å². The number of hydrogen-bond acceptors (Lipinski definition) is 2. The van der Waals surface area contributed by atoms with Crippen molar-refractivity contribution in [3.8, 4) is 0 Å². The molecule has 1 N–H and O–H groups in total. The highest BCUT2D eigenvalue weighted by Crippen LogP contribution is 2.26. The van der Waals surface area contributed by atoms with Crippen LogP contribution in [0, 0.1) is 6.92 Å². The van der Waals surface area contributed by atoms with Gasteiger partial charge in [-0.25, -0.2) is 4.98 Å². The first kappa shape index (κ1) is 20.7. The Labute approximate surface area is 173 Å². The number of nitrogens with zero attached hydrogens (tertiary/aromatic N) is 4. The number of halogens is 1. The van der Waals surface area contributed by atoms with Gasteiger partial charge in [0.25, 0.3) is 0 Å². The van der Waals surface area contributed by atoms with E-state index in [-0.39, 0.29) is 24.0 Å². The summed E-state index contributed by atoms with van der Waals surface area (Å²) in [6.45, 7) is 6.18. The lowest BCUT2D eigenvalue weighted by molar-refractivity contribution is 0.481. The SMILES string of the molecule is CN=C(NCCCCn1ccnc1C)N1CCC(c2ccccc2)C1.I. The molecule has 0 amide bonds. The third-order valence-electron chi connectivity index (χ3n) is 5.00. The van der Waals surface area contributed by atoms with Gasteiger partial charge in [0.05, 0.1) is 0 Å². The topological polar surface area (TPSA) is 45.5 Å². The molecular formula is C20H30IN5. The molecule has 0 aliphatic carbocycles. The third kappa shape index (κ3) is 5.46. The highest BCUT2D eigenvalue weighted by molar-refractivity contribution is 14.0. The van der Waals surface area contributed by atoms with Crippen molar-refractivity contribution < 1.29 is 0 Å². The lowest BCUT2D eigenvalue weighted by atomic mass is 9.99. The summed E-state index contributed by atoms with van der Waals surface area (Å²) in [6, 6.07) is 10.8. The number of aliphatic imine (C=N–C) groups is 1. The van der Waals surface area contributed by atoms with Crippen molar-refractivity contribution in [3.05, 3.63) is 54.1 Å². The molecule has 0 radical (unpaired) electrons. The van der Waals surface area contributed by atoms with Crippen molar-refractivity contribution in [3.63, 3.8) is 0 Å². The molecule has 1 aromatic heterocycles. The van der Waals surface area contributed by atoms with Crippen LogP contribution in [-0.2, 0) is 6.54 Å². The van der Waals surface area contributed by atoms with Gasteiger partial charge in [-0.05, 0) is 31.7 Å². The first-order chi connectivity index (χ1) is 12.3. The van der Waals surface area contributed by atoms with Crippen LogP contribution in [0.25, 0.3) is 0 Å². The normalized spacial score (nSPS) is 17.2. The minimum atomic E-state index is 0. The van der Waals surface area contributed by atoms with Crippen molar-refractivity contribution >= 4 is 29.9 Å². The number of aryl methyl sites for hydroxylation is 2. The van der Waals surface area contributed by atoms with E-state index in [1.165, 1.54) is 12.0 Å². The Bertz CT molecular complexity index is 683. The molecule has 5 nitrogen and oxygen atoms in total. The Morgan fingerprint density at radius 1 is 1.27 bits per heavy atom. The number of guanidine groups is 1. The maximum atomic E-state index is 4.48. The van der Waals surface area contributed by atoms with Gasteiger partial charge in [-0.3, -0.25) is 4.99 Å². The predicted octanol–water partition coefficient (Wildman–Crippen LogP) is 3.65. The Balaban J connectivity index is 0.00000243. The Morgan fingerprint density at radius 2 is 2.08 bits per heavy atom. The number of imidazole rings is 1. The zero-order chi connectivity index (χ0) is 17.5. The van der Waals surface area contributed by atoms with Crippen molar-refractivity contribution in [1.82, 2.24) is 19.8 Å². The second-order valence-corrected chi connectivity index (χ2v) is 6.69. The van der Waals surface area contributed by atoms with Crippen LogP contribution in [0.5, 0.6) is 0 Å². The smallest absolute Gasteiger partial charge is 0.193 e. The van der Waals surface area contributed by atoms with Gasteiger partial charge in [0.1, 0.15) is 5.82 Å². The van der Waals surface area contributed by atoms with Crippen LogP contribution >= 0.6 is 24.0 Å². The molecule has 1 fully saturated rings. The van der Waals surface area contributed by atoms with Crippen LogP contribution in [-0.4, -0.2) is 47.1 Å². The van der Waals surface area contributed by atoms with Gasteiger partial charge < -0.3 is 14.8 Å². The van der Waals surface area contributed by atoms with Gasteiger partial charge in [0, 0.05) is 51.5 Å². The van der Waals surface area contributed by atoms with Crippen LogP contribution in [0.3, 0.4) is 0 Å². The monoisotopic (exact) mass is 467 g/mol. The summed E-state index contributed by atoms with van der Waals surface area (Å²) in [4.78, 5) is 11.1. The van der Waals surface area contributed by atoms with Gasteiger partial charge >= 0.3 is 0 Å². The van der Waals surface area contributed by atoms with E-state index >= 15 is 0 Å². The molecular weight excluding hydrogens is 437 g/mol. The molecule has 3 rings (SSSR count). The molecule has 1 aliphatic heterocycles. The maximum absolute atomic E-state index is 4.48. The summed E-state index contributed by atoms with van der Waals surface area (Å²) in [5, 5.41) is 3.53. The average Bonchev–Trinajstić information content (AvgIpc) is 3.28. The molecule has 1 saturated heterocycles. The first-order valence-corrected chi connectivity index (χ1v) is 9.26. The van der Waals surface area contributed by atoms with Crippen LogP contribution in [0.15, 0.2) is 47.7 Å². The molecule has 0 spiro atoms. The number of nitrogens with one attached hydrogen (secondary N) is 1. The first-order valence-electron chi connectivity index (χ1n) is 9.26. The number of hydrogen-bond donors (Lipinski definition) is 1. The summed E-state index contributed by atoms with van der Waals surface area (Å²) in [7, 11) is 1.88. The molecule has 6 heteroatoms. The van der Waals surface area contributed by atoms with Crippen molar-refractivity contribution in [2.45, 2.75) is 38.6 Å². The molecule has 1 unspecified atom stereocenters. The lowest BCUT2D eigenvalue weighted by Gasteiger charge is -2.22. The van der Waals surface area contributed by atoms with E-state index in [4.69, 9.17) is 0 Å². The van der Waals surface area contributed by atoms with E-state index in [1.54, 1.807) is 0 Å². The molecule has 1 aliphatic rings. The number of benzene rings is 1. The Hall–Kier alpha value is -1.57. The highest BCUT2D eigenvalue weighted by Gasteiger charge is 2.25. The molecule has 2 aromatic rings. The molecule has 26 heavy (non-hydrogen) atoms. The van der Waals surface area contributed by atoms with Gasteiger partial charge in [-0.1, -0.05) is 30.3 Å². The second kappa shape index (κ2) is 10.5. The second-order valence-electron chi connectivity index (χ2n) is 6.69. The standard InChI is InChI=1S/C20H29N5.HI/c1-17-22-12-15-24(17)13-7-6-11-23-20(21-2)25-14-10-19(16-25)18-8-4-3-5-9-18;/h3-5,8-9,12,15,19H,6-7,10-11,13-14,16H2,1-2H3,(H,21,23);1H. The maximum Gasteiger partial charge on any atom is 0.193 e. The molecule has 142 valence electrons. The van der Waals surface area contributed by atoms with Gasteiger partial charge in [-0.2, -0.15) is 0 Å². The Morgan fingerprint density at radius 3 is 2.77 bits per heavy atom. The molecule has 1 atom stereocenters. The lowest BCUT2D eigenvalue weighted by Crippen LogP contribution is -2.40. The Kier molecular flexibility index (Phi) is 8.41. The fourth-order valence-electron chi connectivity index (χ4n) is 3.53. The van der Waals surface area contributed by atoms with Crippen LogP contribution < -0.4 is 5.32 Å². The summed E-state index contributed by atoms with van der Waals surface area (Å²) < 4.78 is 2.21.